The summed E-state index contributed by atoms with van der Waals surface area (Å²) in [6, 6.07) is 7.01. The summed E-state index contributed by atoms with van der Waals surface area (Å²) in [5.74, 6) is -0.856. The zero-order valence-corrected chi connectivity index (χ0v) is 11.9. The van der Waals surface area contributed by atoms with Crippen LogP contribution < -0.4 is 5.73 Å². The van der Waals surface area contributed by atoms with Crippen molar-refractivity contribution in [1.82, 2.24) is 9.88 Å². The Labute approximate surface area is 121 Å². The molecule has 1 aromatic carbocycles. The number of fused-ring (bicyclic) bond motifs is 1. The lowest BCUT2D eigenvalue weighted by atomic mass is 10.1. The van der Waals surface area contributed by atoms with Gasteiger partial charge in [-0.15, -0.1) is 0 Å². The van der Waals surface area contributed by atoms with Gasteiger partial charge in [0.2, 0.25) is 5.91 Å². The lowest BCUT2D eigenvalue weighted by molar-refractivity contribution is -0.118. The smallest absolute Gasteiger partial charge is 0.255 e. The number of amides is 2. The summed E-state index contributed by atoms with van der Waals surface area (Å²) in [6.45, 7) is 1.62. The van der Waals surface area contributed by atoms with E-state index < -0.39 is 5.91 Å². The van der Waals surface area contributed by atoms with Crippen molar-refractivity contribution in [2.75, 3.05) is 13.6 Å². The van der Waals surface area contributed by atoms with Crippen LogP contribution in [0.2, 0.25) is 5.02 Å². The van der Waals surface area contributed by atoms with Crippen LogP contribution in [0.25, 0.3) is 10.9 Å². The van der Waals surface area contributed by atoms with Gasteiger partial charge in [-0.3, -0.25) is 14.6 Å². The van der Waals surface area contributed by atoms with E-state index >= 15 is 0 Å². The molecule has 1 heterocycles. The molecule has 6 heteroatoms. The minimum atomic E-state index is -0.560. The zero-order chi connectivity index (χ0) is 14.9. The van der Waals surface area contributed by atoms with E-state index in [1.54, 1.807) is 31.2 Å². The summed E-state index contributed by atoms with van der Waals surface area (Å²) in [5, 5.41) is 1.35. The molecule has 2 N–H and O–H groups in total. The van der Waals surface area contributed by atoms with Crippen LogP contribution in [0.5, 0.6) is 0 Å². The summed E-state index contributed by atoms with van der Waals surface area (Å²) in [5.41, 5.74) is 6.89. The van der Waals surface area contributed by atoms with Crippen molar-refractivity contribution in [3.8, 4) is 0 Å². The molecule has 0 unspecified atom stereocenters. The predicted molar refractivity (Wildman–Crippen MR) is 77.6 cm³/mol. The van der Waals surface area contributed by atoms with Gasteiger partial charge in [0.25, 0.3) is 5.91 Å². The van der Waals surface area contributed by atoms with Crippen LogP contribution in [0, 0.1) is 6.92 Å². The van der Waals surface area contributed by atoms with Crippen molar-refractivity contribution in [2.24, 2.45) is 5.73 Å². The number of halogens is 1. The van der Waals surface area contributed by atoms with Crippen LogP contribution in [-0.4, -0.2) is 35.3 Å². The summed E-state index contributed by atoms with van der Waals surface area (Å²) in [4.78, 5) is 28.8. The maximum atomic E-state index is 12.3. The highest BCUT2D eigenvalue weighted by Gasteiger charge is 2.17. The number of benzene rings is 1. The Kier molecular flexibility index (Phi) is 3.90. The number of aromatic nitrogens is 1. The Bertz CT molecular complexity index is 700. The molecule has 0 saturated carbocycles. The molecule has 1 aromatic heterocycles. The van der Waals surface area contributed by atoms with Crippen molar-refractivity contribution < 1.29 is 9.59 Å². The molecule has 104 valence electrons. The third-order valence-electron chi connectivity index (χ3n) is 2.94. The monoisotopic (exact) mass is 291 g/mol. The zero-order valence-electron chi connectivity index (χ0n) is 11.2. The lowest BCUT2D eigenvalue weighted by Gasteiger charge is -2.16. The van der Waals surface area contributed by atoms with E-state index in [4.69, 9.17) is 17.3 Å². The molecule has 0 aliphatic carbocycles. The fourth-order valence-electron chi connectivity index (χ4n) is 1.97. The number of carbonyl (C=O) groups is 2. The number of rotatable bonds is 3. The third kappa shape index (κ3) is 2.88. The van der Waals surface area contributed by atoms with E-state index in [2.05, 4.69) is 4.98 Å². The highest BCUT2D eigenvalue weighted by atomic mass is 35.5. The maximum absolute atomic E-state index is 12.3. The minimum absolute atomic E-state index is 0.133. The summed E-state index contributed by atoms with van der Waals surface area (Å²) in [7, 11) is 1.52. The second-order valence-electron chi connectivity index (χ2n) is 4.59. The Hall–Kier alpha value is -2.14. The van der Waals surface area contributed by atoms with Gasteiger partial charge in [-0.2, -0.15) is 0 Å². The van der Waals surface area contributed by atoms with Gasteiger partial charge in [0.15, 0.2) is 0 Å². The first-order valence-corrected chi connectivity index (χ1v) is 6.37. The molecule has 0 radical (unpaired) electrons. The molecule has 0 fully saturated rings. The van der Waals surface area contributed by atoms with Crippen molar-refractivity contribution in [3.63, 3.8) is 0 Å². The van der Waals surface area contributed by atoms with Crippen LogP contribution in [0.4, 0.5) is 0 Å². The highest BCUT2D eigenvalue weighted by molar-refractivity contribution is 6.31. The molecule has 20 heavy (non-hydrogen) atoms. The number of aryl methyl sites for hydroxylation is 1. The summed E-state index contributed by atoms with van der Waals surface area (Å²) in [6.07, 6.45) is 0. The normalized spacial score (nSPS) is 10.6. The van der Waals surface area contributed by atoms with Gasteiger partial charge in [-0.25, -0.2) is 0 Å². The molecule has 2 amide bonds. The topological polar surface area (TPSA) is 76.3 Å². The van der Waals surface area contributed by atoms with Crippen LogP contribution in [0.3, 0.4) is 0 Å². The number of carbonyl (C=O) groups excluding carboxylic acids is 2. The quantitative estimate of drug-likeness (QED) is 0.936. The molecule has 0 aliphatic heterocycles. The first-order chi connectivity index (χ1) is 9.38. The maximum Gasteiger partial charge on any atom is 0.255 e. The van der Waals surface area contributed by atoms with Gasteiger partial charge in [-0.1, -0.05) is 11.6 Å². The fraction of sp³-hybridized carbons (Fsp3) is 0.214. The molecule has 0 saturated heterocycles. The van der Waals surface area contributed by atoms with Gasteiger partial charge in [-0.05, 0) is 31.2 Å². The number of primary amides is 1. The van der Waals surface area contributed by atoms with Crippen LogP contribution >= 0.6 is 11.6 Å². The average molecular weight is 292 g/mol. The largest absolute Gasteiger partial charge is 0.368 e. The van der Waals surface area contributed by atoms with Crippen molar-refractivity contribution in [1.29, 1.82) is 0 Å². The molecular weight excluding hydrogens is 278 g/mol. The number of hydrogen-bond acceptors (Lipinski definition) is 3. The van der Waals surface area contributed by atoms with Gasteiger partial charge < -0.3 is 10.6 Å². The SMILES string of the molecule is Cc1nc2ccc(Cl)cc2cc1C(=O)N(C)CC(N)=O. The Morgan fingerprint density at radius 2 is 2.05 bits per heavy atom. The van der Waals surface area contributed by atoms with Crippen LogP contribution in [0.1, 0.15) is 16.1 Å². The molecule has 2 rings (SSSR count). The van der Waals surface area contributed by atoms with Crippen LogP contribution in [0.15, 0.2) is 24.3 Å². The molecular formula is C14H14ClN3O2. The number of nitrogens with two attached hydrogens (primary N) is 1. The Morgan fingerprint density at radius 3 is 2.70 bits per heavy atom. The van der Waals surface area contributed by atoms with E-state index in [-0.39, 0.29) is 12.5 Å². The minimum Gasteiger partial charge on any atom is -0.368 e. The number of likely N-dealkylation sites (N-methyl/N-ethyl adjacent to an activating group) is 1. The molecule has 2 aromatic rings. The fourth-order valence-corrected chi connectivity index (χ4v) is 2.15. The standard InChI is InChI=1S/C14H14ClN3O2/c1-8-11(14(20)18(2)7-13(16)19)6-9-5-10(15)3-4-12(9)17-8/h3-6H,7H2,1-2H3,(H2,16,19). The van der Waals surface area contributed by atoms with Crippen molar-refractivity contribution in [2.45, 2.75) is 6.92 Å². The summed E-state index contributed by atoms with van der Waals surface area (Å²) < 4.78 is 0. The average Bonchev–Trinajstić information content (AvgIpc) is 2.36. The lowest BCUT2D eigenvalue weighted by Crippen LogP contribution is -2.35. The van der Waals surface area contributed by atoms with E-state index in [0.717, 1.165) is 10.9 Å². The van der Waals surface area contributed by atoms with E-state index in [1.807, 2.05) is 0 Å². The van der Waals surface area contributed by atoms with E-state index in [1.165, 1.54) is 11.9 Å². The summed E-state index contributed by atoms with van der Waals surface area (Å²) >= 11 is 5.94. The molecule has 0 aliphatic rings. The number of hydrogen-bond donors (Lipinski definition) is 1. The van der Waals surface area contributed by atoms with Crippen molar-refractivity contribution >= 4 is 34.3 Å². The number of pyridine rings is 1. The van der Waals surface area contributed by atoms with Crippen molar-refractivity contribution in [3.05, 3.63) is 40.5 Å². The van der Waals surface area contributed by atoms with Gasteiger partial charge in [0, 0.05) is 17.5 Å². The Morgan fingerprint density at radius 1 is 1.35 bits per heavy atom. The second kappa shape index (κ2) is 5.46. The number of nitrogens with zero attached hydrogens (tertiary/aromatic N) is 2. The molecule has 0 spiro atoms. The van der Waals surface area contributed by atoms with E-state index in [9.17, 15) is 9.59 Å². The van der Waals surface area contributed by atoms with Gasteiger partial charge in [0.1, 0.15) is 0 Å². The van der Waals surface area contributed by atoms with Crippen LogP contribution in [-0.2, 0) is 4.79 Å². The van der Waals surface area contributed by atoms with E-state index in [0.29, 0.717) is 16.3 Å². The first-order valence-electron chi connectivity index (χ1n) is 5.99. The molecule has 0 atom stereocenters. The highest BCUT2D eigenvalue weighted by Crippen LogP contribution is 2.21. The second-order valence-corrected chi connectivity index (χ2v) is 5.02. The molecule has 0 bridgehead atoms. The Balaban J connectivity index is 2.45. The van der Waals surface area contributed by atoms with Gasteiger partial charge >= 0.3 is 0 Å². The predicted octanol–water partition coefficient (Wildman–Crippen LogP) is 1.75. The van der Waals surface area contributed by atoms with Gasteiger partial charge in [0.05, 0.1) is 23.3 Å². The first kappa shape index (κ1) is 14.3. The third-order valence-corrected chi connectivity index (χ3v) is 3.17. The molecule has 5 nitrogen and oxygen atoms in total.